The van der Waals surface area contributed by atoms with E-state index in [2.05, 4.69) is 86.4 Å². The first-order valence-corrected chi connectivity index (χ1v) is 9.22. The number of hydrogen-bond donors (Lipinski definition) is 0. The second kappa shape index (κ2) is 6.88. The molecule has 0 aliphatic rings. The molecule has 3 aromatic carbocycles. The third-order valence-corrected chi connectivity index (χ3v) is 4.88. The van der Waals surface area contributed by atoms with E-state index < -0.39 is 0 Å². The largest absolute Gasteiger partial charge is 0.455 e. The van der Waals surface area contributed by atoms with Crippen LogP contribution in [0.25, 0.3) is 33.1 Å². The summed E-state index contributed by atoms with van der Waals surface area (Å²) >= 11 is 0. The zero-order chi connectivity index (χ0) is 19.0. The average Bonchev–Trinajstić information content (AvgIpc) is 3.04. The molecule has 1 aromatic heterocycles. The van der Waals surface area contributed by atoms with Crippen molar-refractivity contribution in [2.45, 2.75) is 20.8 Å². The molecule has 4 aromatic rings. The summed E-state index contributed by atoms with van der Waals surface area (Å²) in [4.78, 5) is 4.52. The van der Waals surface area contributed by atoms with Crippen molar-refractivity contribution in [1.29, 1.82) is 0 Å². The summed E-state index contributed by atoms with van der Waals surface area (Å²) in [5.41, 5.74) is 8.59. The Morgan fingerprint density at radius 3 is 2.33 bits per heavy atom. The van der Waals surface area contributed by atoms with E-state index in [9.17, 15) is 0 Å². The summed E-state index contributed by atoms with van der Waals surface area (Å²) in [7, 11) is 1.84. The molecule has 0 fully saturated rings. The highest BCUT2D eigenvalue weighted by Gasteiger charge is 2.16. The molecule has 0 bridgehead atoms. The summed E-state index contributed by atoms with van der Waals surface area (Å²) in [6.45, 7) is 6.29. The molecule has 1 heterocycles. The number of benzene rings is 3. The van der Waals surface area contributed by atoms with Gasteiger partial charge in [-0.15, -0.1) is 0 Å². The van der Waals surface area contributed by atoms with Gasteiger partial charge in [0.25, 0.3) is 0 Å². The SMILES string of the molecule is C/N=C(/C=C(C)C)c1c(C)ccc2c1oc1cc(-c3ccccc3)ccc12. The lowest BCUT2D eigenvalue weighted by atomic mass is 9.98. The van der Waals surface area contributed by atoms with E-state index in [1.807, 2.05) is 13.1 Å². The van der Waals surface area contributed by atoms with Crippen LogP contribution >= 0.6 is 0 Å². The summed E-state index contributed by atoms with van der Waals surface area (Å²) in [6, 6.07) is 21.2. The predicted octanol–water partition coefficient (Wildman–Crippen LogP) is 6.95. The number of aryl methyl sites for hydroxylation is 1. The molecule has 0 amide bonds. The van der Waals surface area contributed by atoms with E-state index in [0.717, 1.165) is 38.8 Å². The Morgan fingerprint density at radius 2 is 1.63 bits per heavy atom. The maximum Gasteiger partial charge on any atom is 0.145 e. The predicted molar refractivity (Wildman–Crippen MR) is 116 cm³/mol. The molecule has 0 aliphatic heterocycles. The monoisotopic (exact) mass is 353 g/mol. The molecule has 0 unspecified atom stereocenters. The van der Waals surface area contributed by atoms with Gasteiger partial charge < -0.3 is 4.42 Å². The van der Waals surface area contributed by atoms with Gasteiger partial charge >= 0.3 is 0 Å². The van der Waals surface area contributed by atoms with Crippen LogP contribution in [-0.4, -0.2) is 12.8 Å². The Morgan fingerprint density at radius 1 is 0.889 bits per heavy atom. The lowest BCUT2D eigenvalue weighted by molar-refractivity contribution is 0.668. The second-order valence-corrected chi connectivity index (χ2v) is 7.14. The van der Waals surface area contributed by atoms with Gasteiger partial charge in [0.05, 0.1) is 5.71 Å². The molecule has 0 radical (unpaired) electrons. The van der Waals surface area contributed by atoms with Crippen LogP contribution in [0.1, 0.15) is 25.0 Å². The molecule has 134 valence electrons. The van der Waals surface area contributed by atoms with Gasteiger partial charge in [0.2, 0.25) is 0 Å². The van der Waals surface area contributed by atoms with E-state index in [1.54, 1.807) is 0 Å². The first kappa shape index (κ1) is 17.3. The van der Waals surface area contributed by atoms with Crippen LogP contribution in [0.4, 0.5) is 0 Å². The molecule has 0 spiro atoms. The minimum atomic E-state index is 0.908. The Bertz CT molecular complexity index is 1190. The standard InChI is InChI=1S/C25H23NO/c1-16(2)14-22(26-4)24-17(3)10-12-21-20-13-11-19(15-23(20)27-25(21)24)18-8-6-5-7-9-18/h5-15H,1-4H3/b26-22-. The Balaban J connectivity index is 1.98. The van der Waals surface area contributed by atoms with Crippen molar-refractivity contribution < 1.29 is 4.42 Å². The van der Waals surface area contributed by atoms with Gasteiger partial charge in [-0.2, -0.15) is 0 Å². The van der Waals surface area contributed by atoms with Crippen molar-refractivity contribution in [1.82, 2.24) is 0 Å². The maximum atomic E-state index is 6.38. The molecule has 0 saturated carbocycles. The summed E-state index contributed by atoms with van der Waals surface area (Å²) < 4.78 is 6.38. The summed E-state index contributed by atoms with van der Waals surface area (Å²) in [5.74, 6) is 0. The van der Waals surface area contributed by atoms with Crippen LogP contribution in [0.15, 0.2) is 81.7 Å². The number of allylic oxidation sites excluding steroid dienone is 2. The van der Waals surface area contributed by atoms with Crippen LogP contribution in [0.5, 0.6) is 0 Å². The van der Waals surface area contributed by atoms with Gasteiger partial charge in [-0.25, -0.2) is 0 Å². The topological polar surface area (TPSA) is 25.5 Å². The highest BCUT2D eigenvalue weighted by Crippen LogP contribution is 2.35. The van der Waals surface area contributed by atoms with Crippen LogP contribution in [0.2, 0.25) is 0 Å². The number of furan rings is 1. The lowest BCUT2D eigenvalue weighted by Gasteiger charge is -2.07. The van der Waals surface area contributed by atoms with Crippen molar-refractivity contribution >= 4 is 27.7 Å². The molecular formula is C25H23NO. The highest BCUT2D eigenvalue weighted by atomic mass is 16.3. The van der Waals surface area contributed by atoms with E-state index in [-0.39, 0.29) is 0 Å². The van der Waals surface area contributed by atoms with E-state index in [4.69, 9.17) is 4.42 Å². The van der Waals surface area contributed by atoms with Gasteiger partial charge in [0, 0.05) is 23.4 Å². The molecule has 2 heteroatoms. The Hall–Kier alpha value is -3.13. The average molecular weight is 353 g/mol. The Labute approximate surface area is 159 Å². The fraction of sp³-hybridized carbons (Fsp3) is 0.160. The Kier molecular flexibility index (Phi) is 4.41. The first-order valence-electron chi connectivity index (χ1n) is 9.22. The van der Waals surface area contributed by atoms with Gasteiger partial charge in [0.15, 0.2) is 0 Å². The maximum absolute atomic E-state index is 6.38. The zero-order valence-corrected chi connectivity index (χ0v) is 16.2. The number of nitrogens with zero attached hydrogens (tertiary/aromatic N) is 1. The van der Waals surface area contributed by atoms with E-state index in [1.165, 1.54) is 16.7 Å². The molecule has 0 atom stereocenters. The minimum absolute atomic E-state index is 0.908. The van der Waals surface area contributed by atoms with E-state index in [0.29, 0.717) is 0 Å². The zero-order valence-electron chi connectivity index (χ0n) is 16.2. The first-order chi connectivity index (χ1) is 13.1. The van der Waals surface area contributed by atoms with Crippen LogP contribution in [-0.2, 0) is 0 Å². The molecule has 0 N–H and O–H groups in total. The lowest BCUT2D eigenvalue weighted by Crippen LogP contribution is -2.01. The fourth-order valence-electron chi connectivity index (χ4n) is 3.59. The smallest absolute Gasteiger partial charge is 0.145 e. The molecule has 0 aliphatic carbocycles. The molecule has 27 heavy (non-hydrogen) atoms. The van der Waals surface area contributed by atoms with Gasteiger partial charge in [-0.05, 0) is 55.7 Å². The van der Waals surface area contributed by atoms with Gasteiger partial charge in [-0.3, -0.25) is 4.99 Å². The van der Waals surface area contributed by atoms with Crippen molar-refractivity contribution in [3.63, 3.8) is 0 Å². The number of rotatable bonds is 3. The highest BCUT2D eigenvalue weighted by molar-refractivity contribution is 6.20. The number of aliphatic imine (C=N–C) groups is 1. The normalized spacial score (nSPS) is 11.9. The molecular weight excluding hydrogens is 330 g/mol. The molecule has 0 saturated heterocycles. The van der Waals surface area contributed by atoms with Gasteiger partial charge in [0.1, 0.15) is 11.2 Å². The summed E-state index contributed by atoms with van der Waals surface area (Å²) in [6.07, 6.45) is 2.12. The number of fused-ring (bicyclic) bond motifs is 3. The minimum Gasteiger partial charge on any atom is -0.455 e. The third-order valence-electron chi connectivity index (χ3n) is 4.88. The van der Waals surface area contributed by atoms with Crippen LogP contribution < -0.4 is 0 Å². The van der Waals surface area contributed by atoms with E-state index >= 15 is 0 Å². The second-order valence-electron chi connectivity index (χ2n) is 7.14. The van der Waals surface area contributed by atoms with Crippen LogP contribution in [0.3, 0.4) is 0 Å². The van der Waals surface area contributed by atoms with Crippen molar-refractivity contribution in [2.24, 2.45) is 4.99 Å². The molecule has 2 nitrogen and oxygen atoms in total. The third kappa shape index (κ3) is 3.08. The fourth-order valence-corrected chi connectivity index (χ4v) is 3.59. The van der Waals surface area contributed by atoms with Crippen molar-refractivity contribution in [3.05, 3.63) is 83.4 Å². The van der Waals surface area contributed by atoms with Crippen molar-refractivity contribution in [3.8, 4) is 11.1 Å². The quantitative estimate of drug-likeness (QED) is 0.366. The van der Waals surface area contributed by atoms with Gasteiger partial charge in [-0.1, -0.05) is 54.1 Å². The molecule has 4 rings (SSSR count). The summed E-state index contributed by atoms with van der Waals surface area (Å²) in [5, 5.41) is 2.27. The van der Waals surface area contributed by atoms with Crippen LogP contribution in [0, 0.1) is 6.92 Å². The van der Waals surface area contributed by atoms with Crippen molar-refractivity contribution in [2.75, 3.05) is 7.05 Å². The number of hydrogen-bond acceptors (Lipinski definition) is 2.